The SMILES string of the molecule is CNc1ccnc(CSc2ncccn2)c1. The molecular formula is C11H12N4S. The number of nitrogens with zero attached hydrogens (tertiary/aromatic N) is 3. The fourth-order valence-electron chi connectivity index (χ4n) is 1.21. The maximum Gasteiger partial charge on any atom is 0.187 e. The highest BCUT2D eigenvalue weighted by Crippen LogP contribution is 2.18. The second-order valence-electron chi connectivity index (χ2n) is 3.11. The molecule has 0 aliphatic heterocycles. The summed E-state index contributed by atoms with van der Waals surface area (Å²) in [6.07, 6.45) is 5.28. The molecule has 0 radical (unpaired) electrons. The third kappa shape index (κ3) is 2.93. The third-order valence-electron chi connectivity index (χ3n) is 2.00. The minimum atomic E-state index is 0.777. The van der Waals surface area contributed by atoms with E-state index in [2.05, 4.69) is 20.3 Å². The minimum absolute atomic E-state index is 0.777. The lowest BCUT2D eigenvalue weighted by atomic mass is 10.3. The van der Waals surface area contributed by atoms with Crippen LogP contribution in [0, 0.1) is 0 Å². The molecular weight excluding hydrogens is 220 g/mol. The smallest absolute Gasteiger partial charge is 0.187 e. The Balaban J connectivity index is 1.99. The van der Waals surface area contributed by atoms with Gasteiger partial charge in [0.25, 0.3) is 0 Å². The van der Waals surface area contributed by atoms with Crippen LogP contribution in [0.25, 0.3) is 0 Å². The van der Waals surface area contributed by atoms with E-state index in [9.17, 15) is 0 Å². The van der Waals surface area contributed by atoms with Crippen LogP contribution in [-0.2, 0) is 5.75 Å². The van der Waals surface area contributed by atoms with Crippen LogP contribution < -0.4 is 5.32 Å². The Labute approximate surface area is 98.6 Å². The van der Waals surface area contributed by atoms with Crippen LogP contribution in [0.3, 0.4) is 0 Å². The monoisotopic (exact) mass is 232 g/mol. The van der Waals surface area contributed by atoms with Crippen molar-refractivity contribution in [3.8, 4) is 0 Å². The normalized spacial score (nSPS) is 10.1. The summed E-state index contributed by atoms with van der Waals surface area (Å²) < 4.78 is 0. The number of hydrogen-bond donors (Lipinski definition) is 1. The van der Waals surface area contributed by atoms with E-state index in [1.165, 1.54) is 0 Å². The summed E-state index contributed by atoms with van der Waals surface area (Å²) in [7, 11) is 1.90. The molecule has 5 heteroatoms. The molecule has 82 valence electrons. The lowest BCUT2D eigenvalue weighted by molar-refractivity contribution is 0.964. The Hall–Kier alpha value is -1.62. The zero-order valence-corrected chi connectivity index (χ0v) is 9.74. The van der Waals surface area contributed by atoms with Gasteiger partial charge in [-0.2, -0.15) is 0 Å². The van der Waals surface area contributed by atoms with E-state index in [-0.39, 0.29) is 0 Å². The van der Waals surface area contributed by atoms with E-state index in [4.69, 9.17) is 0 Å². The first-order chi connectivity index (χ1) is 7.88. The van der Waals surface area contributed by atoms with Gasteiger partial charge >= 0.3 is 0 Å². The molecule has 1 N–H and O–H groups in total. The van der Waals surface area contributed by atoms with Crippen LogP contribution in [-0.4, -0.2) is 22.0 Å². The highest BCUT2D eigenvalue weighted by molar-refractivity contribution is 7.98. The van der Waals surface area contributed by atoms with Gasteiger partial charge in [0, 0.05) is 37.1 Å². The molecule has 0 amide bonds. The van der Waals surface area contributed by atoms with Crippen molar-refractivity contribution in [2.75, 3.05) is 12.4 Å². The number of hydrogen-bond acceptors (Lipinski definition) is 5. The number of anilines is 1. The fourth-order valence-corrected chi connectivity index (χ4v) is 1.92. The van der Waals surface area contributed by atoms with Crippen molar-refractivity contribution in [1.29, 1.82) is 0 Å². The fraction of sp³-hybridized carbons (Fsp3) is 0.182. The summed E-state index contributed by atoms with van der Waals surface area (Å²) in [5.74, 6) is 0.777. The maximum atomic E-state index is 4.29. The van der Waals surface area contributed by atoms with Gasteiger partial charge in [0.15, 0.2) is 5.16 Å². The van der Waals surface area contributed by atoms with Gasteiger partial charge in [-0.05, 0) is 18.2 Å². The third-order valence-corrected chi connectivity index (χ3v) is 2.91. The number of nitrogens with one attached hydrogen (secondary N) is 1. The van der Waals surface area contributed by atoms with Crippen LogP contribution in [0.2, 0.25) is 0 Å². The van der Waals surface area contributed by atoms with Crippen molar-refractivity contribution >= 4 is 17.4 Å². The van der Waals surface area contributed by atoms with E-state index in [1.807, 2.05) is 25.2 Å². The average Bonchev–Trinajstić information content (AvgIpc) is 2.38. The van der Waals surface area contributed by atoms with Gasteiger partial charge in [-0.25, -0.2) is 9.97 Å². The Morgan fingerprint density at radius 3 is 2.75 bits per heavy atom. The van der Waals surface area contributed by atoms with E-state index >= 15 is 0 Å². The van der Waals surface area contributed by atoms with Crippen molar-refractivity contribution < 1.29 is 0 Å². The molecule has 0 aromatic carbocycles. The maximum absolute atomic E-state index is 4.29. The Bertz CT molecular complexity index is 447. The van der Waals surface area contributed by atoms with Gasteiger partial charge in [0.2, 0.25) is 0 Å². The van der Waals surface area contributed by atoms with Gasteiger partial charge in [0.1, 0.15) is 0 Å². The molecule has 0 saturated carbocycles. The van der Waals surface area contributed by atoms with Crippen LogP contribution in [0.4, 0.5) is 5.69 Å². The average molecular weight is 232 g/mol. The standard InChI is InChI=1S/C11H12N4S/c1-12-9-3-6-13-10(7-9)8-16-11-14-4-2-5-15-11/h2-7H,8H2,1H3,(H,12,13). The lowest BCUT2D eigenvalue weighted by Crippen LogP contribution is -1.93. The predicted molar refractivity (Wildman–Crippen MR) is 65.4 cm³/mol. The molecule has 16 heavy (non-hydrogen) atoms. The van der Waals surface area contributed by atoms with Crippen LogP contribution >= 0.6 is 11.8 Å². The zero-order chi connectivity index (χ0) is 11.2. The largest absolute Gasteiger partial charge is 0.388 e. The number of rotatable bonds is 4. The molecule has 0 spiro atoms. The highest BCUT2D eigenvalue weighted by Gasteiger charge is 1.99. The van der Waals surface area contributed by atoms with Crippen molar-refractivity contribution in [1.82, 2.24) is 15.0 Å². The summed E-state index contributed by atoms with van der Waals surface area (Å²) in [5.41, 5.74) is 2.09. The van der Waals surface area contributed by atoms with Crippen LogP contribution in [0.15, 0.2) is 41.9 Å². The highest BCUT2D eigenvalue weighted by atomic mass is 32.2. The summed E-state index contributed by atoms with van der Waals surface area (Å²) in [6, 6.07) is 5.77. The molecule has 0 bridgehead atoms. The zero-order valence-electron chi connectivity index (χ0n) is 8.92. The quantitative estimate of drug-likeness (QED) is 0.647. The van der Waals surface area contributed by atoms with E-state index < -0.39 is 0 Å². The van der Waals surface area contributed by atoms with Crippen molar-refractivity contribution in [2.45, 2.75) is 10.9 Å². The summed E-state index contributed by atoms with van der Waals surface area (Å²) in [4.78, 5) is 12.6. The molecule has 0 fully saturated rings. The van der Waals surface area contributed by atoms with Crippen molar-refractivity contribution in [3.63, 3.8) is 0 Å². The predicted octanol–water partition coefficient (Wildman–Crippen LogP) is 2.21. The first-order valence-corrected chi connectivity index (χ1v) is 5.89. The van der Waals surface area contributed by atoms with E-state index in [0.717, 1.165) is 22.3 Å². The molecule has 0 saturated heterocycles. The Kier molecular flexibility index (Phi) is 3.71. The second kappa shape index (κ2) is 5.46. The number of thioether (sulfide) groups is 1. The minimum Gasteiger partial charge on any atom is -0.388 e. The Morgan fingerprint density at radius 2 is 2.00 bits per heavy atom. The molecule has 0 unspecified atom stereocenters. The molecule has 0 aliphatic carbocycles. The van der Waals surface area contributed by atoms with Crippen molar-refractivity contribution in [2.24, 2.45) is 0 Å². The first-order valence-electron chi connectivity index (χ1n) is 4.91. The van der Waals surface area contributed by atoms with Crippen LogP contribution in [0.1, 0.15) is 5.69 Å². The van der Waals surface area contributed by atoms with E-state index in [1.54, 1.807) is 30.4 Å². The molecule has 2 rings (SSSR count). The second-order valence-corrected chi connectivity index (χ2v) is 4.05. The molecule has 0 aliphatic rings. The molecule has 2 aromatic rings. The van der Waals surface area contributed by atoms with Crippen molar-refractivity contribution in [3.05, 3.63) is 42.5 Å². The number of aromatic nitrogens is 3. The summed E-state index contributed by atoms with van der Waals surface area (Å²) in [5, 5.41) is 3.86. The number of pyridine rings is 1. The molecule has 4 nitrogen and oxygen atoms in total. The molecule has 2 heterocycles. The Morgan fingerprint density at radius 1 is 1.19 bits per heavy atom. The first kappa shape index (κ1) is 10.9. The van der Waals surface area contributed by atoms with E-state index in [0.29, 0.717) is 0 Å². The van der Waals surface area contributed by atoms with Gasteiger partial charge in [-0.1, -0.05) is 11.8 Å². The lowest BCUT2D eigenvalue weighted by Gasteiger charge is -2.02. The molecule has 2 aromatic heterocycles. The van der Waals surface area contributed by atoms with Gasteiger partial charge in [-0.15, -0.1) is 0 Å². The van der Waals surface area contributed by atoms with Gasteiger partial charge in [0.05, 0.1) is 5.69 Å². The molecule has 0 atom stereocenters. The van der Waals surface area contributed by atoms with Gasteiger partial charge < -0.3 is 5.32 Å². The van der Waals surface area contributed by atoms with Gasteiger partial charge in [-0.3, -0.25) is 4.98 Å². The summed E-state index contributed by atoms with van der Waals surface area (Å²) in [6.45, 7) is 0. The topological polar surface area (TPSA) is 50.7 Å². The van der Waals surface area contributed by atoms with Crippen LogP contribution in [0.5, 0.6) is 0 Å². The summed E-state index contributed by atoms with van der Waals surface area (Å²) >= 11 is 1.58.